The molecule has 1 aliphatic rings. The summed E-state index contributed by atoms with van der Waals surface area (Å²) in [4.78, 5) is 24.1. The summed E-state index contributed by atoms with van der Waals surface area (Å²) in [6, 6.07) is 4.31. The third-order valence-electron chi connectivity index (χ3n) is 5.02. The van der Waals surface area contributed by atoms with E-state index < -0.39 is 35.8 Å². The Morgan fingerprint density at radius 2 is 1.85 bits per heavy atom. The van der Waals surface area contributed by atoms with Crippen molar-refractivity contribution >= 4 is 11.9 Å². The molecule has 0 spiro atoms. The number of esters is 2. The average Bonchev–Trinajstić information content (AvgIpc) is 2.58. The molecule has 0 unspecified atom stereocenters. The Hall–Kier alpha value is -2.05. The van der Waals surface area contributed by atoms with Crippen molar-refractivity contribution in [2.45, 2.75) is 52.3 Å². The zero-order valence-corrected chi connectivity index (χ0v) is 15.7. The molecule has 7 heteroatoms. The molecule has 0 bridgehead atoms. The first-order valence-corrected chi connectivity index (χ1v) is 9.12. The molecule has 2 rings (SSSR count). The molecule has 0 radical (unpaired) electrons. The maximum atomic E-state index is 13.0. The number of benzene rings is 1. The lowest BCUT2D eigenvalue weighted by Gasteiger charge is -2.36. The molecule has 3 atom stereocenters. The van der Waals surface area contributed by atoms with Crippen molar-refractivity contribution in [3.63, 3.8) is 0 Å². The molecular weight excluding hydrogens is 361 g/mol. The van der Waals surface area contributed by atoms with Gasteiger partial charge in [0.15, 0.2) is 6.61 Å². The van der Waals surface area contributed by atoms with Crippen molar-refractivity contribution in [2.24, 2.45) is 17.8 Å². The van der Waals surface area contributed by atoms with Crippen LogP contribution in [-0.2, 0) is 20.4 Å². The molecular formula is C20H25F3O4. The Morgan fingerprint density at radius 1 is 1.19 bits per heavy atom. The number of alkyl halides is 3. The summed E-state index contributed by atoms with van der Waals surface area (Å²) in [6.07, 6.45) is -2.18. The summed E-state index contributed by atoms with van der Waals surface area (Å²) < 4.78 is 49.2. The van der Waals surface area contributed by atoms with Crippen LogP contribution in [0.15, 0.2) is 24.3 Å². The molecule has 1 aromatic carbocycles. The molecule has 1 fully saturated rings. The predicted octanol–water partition coefficient (Wildman–Crippen LogP) is 4.87. The molecule has 0 aliphatic heterocycles. The van der Waals surface area contributed by atoms with Crippen LogP contribution in [0.4, 0.5) is 13.2 Å². The van der Waals surface area contributed by atoms with E-state index in [1.807, 2.05) is 0 Å². The van der Waals surface area contributed by atoms with Crippen molar-refractivity contribution < 1.29 is 32.2 Å². The lowest BCUT2D eigenvalue weighted by Crippen LogP contribution is -2.36. The molecule has 0 saturated heterocycles. The smallest absolute Gasteiger partial charge is 0.417 e. The third kappa shape index (κ3) is 5.71. The van der Waals surface area contributed by atoms with Gasteiger partial charge >= 0.3 is 18.1 Å². The monoisotopic (exact) mass is 386 g/mol. The number of carbonyl (C=O) groups excluding carboxylic acids is 2. The summed E-state index contributed by atoms with van der Waals surface area (Å²) in [5.74, 6) is -0.933. The normalized spacial score (nSPS) is 23.1. The van der Waals surface area contributed by atoms with Crippen molar-refractivity contribution in [2.75, 3.05) is 6.61 Å². The highest BCUT2D eigenvalue weighted by molar-refractivity contribution is 5.92. The van der Waals surface area contributed by atoms with Gasteiger partial charge in [0.05, 0.1) is 11.1 Å². The fraction of sp³-hybridized carbons (Fsp3) is 0.600. The van der Waals surface area contributed by atoms with Gasteiger partial charge in [-0.05, 0) is 42.7 Å². The Labute approximate surface area is 157 Å². The molecule has 1 saturated carbocycles. The number of rotatable bonds is 5. The summed E-state index contributed by atoms with van der Waals surface area (Å²) in [6.45, 7) is 5.51. The van der Waals surface area contributed by atoms with Gasteiger partial charge in [0.25, 0.3) is 0 Å². The molecule has 4 nitrogen and oxygen atoms in total. The molecule has 150 valence electrons. The van der Waals surface area contributed by atoms with Gasteiger partial charge in [-0.1, -0.05) is 39.3 Å². The summed E-state index contributed by atoms with van der Waals surface area (Å²) in [7, 11) is 0. The maximum Gasteiger partial charge on any atom is 0.417 e. The van der Waals surface area contributed by atoms with Crippen LogP contribution in [0.25, 0.3) is 0 Å². The van der Waals surface area contributed by atoms with Gasteiger partial charge in [-0.2, -0.15) is 13.2 Å². The fourth-order valence-corrected chi connectivity index (χ4v) is 3.56. The first-order chi connectivity index (χ1) is 12.6. The van der Waals surface area contributed by atoms with Crippen molar-refractivity contribution in [1.82, 2.24) is 0 Å². The standard InChI is InChI=1S/C20H25F3O4/c1-12(2)14-9-8-13(3)10-17(14)27-18(24)11-26-19(25)15-6-4-5-7-16(15)20(21,22)23/h4-7,12-14,17H,8-11H2,1-3H3/t13-,14+,17+/m0/s1. The number of hydrogen-bond donors (Lipinski definition) is 0. The van der Waals surface area contributed by atoms with Crippen LogP contribution in [-0.4, -0.2) is 24.6 Å². The lowest BCUT2D eigenvalue weighted by atomic mass is 9.75. The van der Waals surface area contributed by atoms with Crippen LogP contribution >= 0.6 is 0 Å². The van der Waals surface area contributed by atoms with Crippen LogP contribution < -0.4 is 0 Å². The van der Waals surface area contributed by atoms with Gasteiger partial charge in [0, 0.05) is 0 Å². The number of carbonyl (C=O) groups is 2. The second-order valence-corrected chi connectivity index (χ2v) is 7.47. The summed E-state index contributed by atoms with van der Waals surface area (Å²) in [5, 5.41) is 0. The molecule has 0 heterocycles. The molecule has 1 aliphatic carbocycles. The van der Waals surface area contributed by atoms with Gasteiger partial charge in [0.2, 0.25) is 0 Å². The Kier molecular flexibility index (Phi) is 6.89. The number of halogens is 3. The predicted molar refractivity (Wildman–Crippen MR) is 92.9 cm³/mol. The molecule has 27 heavy (non-hydrogen) atoms. The van der Waals surface area contributed by atoms with E-state index in [1.54, 1.807) is 0 Å². The van der Waals surface area contributed by atoms with E-state index in [1.165, 1.54) is 12.1 Å². The van der Waals surface area contributed by atoms with E-state index in [-0.39, 0.29) is 12.0 Å². The molecule has 0 N–H and O–H groups in total. The highest BCUT2D eigenvalue weighted by Gasteiger charge is 2.36. The quantitative estimate of drug-likeness (QED) is 0.678. The Bertz CT molecular complexity index is 669. The van der Waals surface area contributed by atoms with E-state index in [9.17, 15) is 22.8 Å². The largest absolute Gasteiger partial charge is 0.460 e. The summed E-state index contributed by atoms with van der Waals surface area (Å²) in [5.41, 5.74) is -1.71. The molecule has 0 aromatic heterocycles. The second kappa shape index (κ2) is 8.76. The van der Waals surface area contributed by atoms with Crippen molar-refractivity contribution in [3.05, 3.63) is 35.4 Å². The van der Waals surface area contributed by atoms with Crippen molar-refractivity contribution in [1.29, 1.82) is 0 Å². The van der Waals surface area contributed by atoms with Crippen molar-refractivity contribution in [3.8, 4) is 0 Å². The minimum atomic E-state index is -4.68. The minimum absolute atomic E-state index is 0.229. The van der Waals surface area contributed by atoms with Crippen LogP contribution in [0.5, 0.6) is 0 Å². The number of ether oxygens (including phenoxy) is 2. The van der Waals surface area contributed by atoms with Gasteiger partial charge in [-0.3, -0.25) is 0 Å². The van der Waals surface area contributed by atoms with Crippen LogP contribution in [0.2, 0.25) is 0 Å². The Balaban J connectivity index is 1.96. The van der Waals surface area contributed by atoms with E-state index in [2.05, 4.69) is 20.8 Å². The SMILES string of the molecule is CC(C)[C@H]1CC[C@H](C)C[C@H]1OC(=O)COC(=O)c1ccccc1C(F)(F)F. The van der Waals surface area contributed by atoms with Crippen LogP contribution in [0.1, 0.15) is 56.0 Å². The zero-order chi connectivity index (χ0) is 20.2. The number of hydrogen-bond acceptors (Lipinski definition) is 4. The van der Waals surface area contributed by atoms with Gasteiger partial charge in [0.1, 0.15) is 6.10 Å². The topological polar surface area (TPSA) is 52.6 Å². The first-order valence-electron chi connectivity index (χ1n) is 9.12. The first kappa shape index (κ1) is 21.3. The van der Waals surface area contributed by atoms with Gasteiger partial charge < -0.3 is 9.47 Å². The zero-order valence-electron chi connectivity index (χ0n) is 15.7. The average molecular weight is 386 g/mol. The molecule has 0 amide bonds. The van der Waals surface area contributed by atoms with E-state index in [0.29, 0.717) is 11.8 Å². The van der Waals surface area contributed by atoms with Gasteiger partial charge in [-0.15, -0.1) is 0 Å². The third-order valence-corrected chi connectivity index (χ3v) is 5.02. The van der Waals surface area contributed by atoms with E-state index in [4.69, 9.17) is 9.47 Å². The highest BCUT2D eigenvalue weighted by Crippen LogP contribution is 2.35. The minimum Gasteiger partial charge on any atom is -0.460 e. The molecule has 1 aromatic rings. The highest BCUT2D eigenvalue weighted by atomic mass is 19.4. The maximum absolute atomic E-state index is 13.0. The van der Waals surface area contributed by atoms with Crippen LogP contribution in [0, 0.1) is 17.8 Å². The van der Waals surface area contributed by atoms with Crippen LogP contribution in [0.3, 0.4) is 0 Å². The lowest BCUT2D eigenvalue weighted by molar-refractivity contribution is -0.159. The summed E-state index contributed by atoms with van der Waals surface area (Å²) >= 11 is 0. The fourth-order valence-electron chi connectivity index (χ4n) is 3.56. The van der Waals surface area contributed by atoms with E-state index >= 15 is 0 Å². The van der Waals surface area contributed by atoms with E-state index in [0.717, 1.165) is 31.4 Å². The van der Waals surface area contributed by atoms with Gasteiger partial charge in [-0.25, -0.2) is 9.59 Å². The second-order valence-electron chi connectivity index (χ2n) is 7.47. The Morgan fingerprint density at radius 3 is 2.48 bits per heavy atom.